The molecule has 0 saturated carbocycles. The Labute approximate surface area is 178 Å². The number of amidine groups is 1. The lowest BCUT2D eigenvalue weighted by Crippen LogP contribution is -2.55. The van der Waals surface area contributed by atoms with Crippen molar-refractivity contribution in [2.75, 3.05) is 43.9 Å². The third-order valence-electron chi connectivity index (χ3n) is 5.77. The second-order valence-corrected chi connectivity index (χ2v) is 8.15. The lowest BCUT2D eigenvalue weighted by molar-refractivity contribution is -1.09. The molecule has 0 unspecified atom stereocenters. The molecule has 6 N–H and O–H groups in total. The van der Waals surface area contributed by atoms with Crippen LogP contribution in [0.3, 0.4) is 0 Å². The van der Waals surface area contributed by atoms with Gasteiger partial charge in [0.25, 0.3) is 5.56 Å². The predicted octanol–water partition coefficient (Wildman–Crippen LogP) is 2.25. The van der Waals surface area contributed by atoms with Gasteiger partial charge in [0.05, 0.1) is 42.4 Å². The number of rotatable bonds is 3. The Kier molecular flexibility index (Phi) is 5.16. The Balaban J connectivity index is 1.68. The number of aromatic nitrogens is 1. The fraction of sp³-hybridized carbons (Fsp3) is 0.273. The van der Waals surface area contributed by atoms with Crippen LogP contribution in [0.5, 0.6) is 0 Å². The molecule has 4 rings (SSSR count). The number of benzene rings is 2. The van der Waals surface area contributed by atoms with Crippen molar-refractivity contribution in [3.8, 4) is 0 Å². The van der Waals surface area contributed by atoms with E-state index in [1.807, 2.05) is 25.1 Å². The largest absolute Gasteiger partial charge is 0.397 e. The van der Waals surface area contributed by atoms with Crippen LogP contribution < -0.4 is 21.9 Å². The predicted molar refractivity (Wildman–Crippen MR) is 120 cm³/mol. The summed E-state index contributed by atoms with van der Waals surface area (Å²) >= 11 is 0. The molecule has 0 amide bonds. The molecule has 1 aliphatic rings. The molecule has 31 heavy (non-hydrogen) atoms. The number of likely N-dealkylation sites (N-methyl/N-ethyl adjacent to an activating group) is 1. The Hall–Kier alpha value is -3.43. The van der Waals surface area contributed by atoms with Crippen LogP contribution in [0.1, 0.15) is 11.1 Å². The summed E-state index contributed by atoms with van der Waals surface area (Å²) in [5, 5.41) is 10.2. The SMILES string of the molecule is Cc1cc(N2CC[N+](C)(O)CC2)ccc1N=C(N)c1c(N)c2c(F)cccc2[nH]c1=O. The number of hydroxylamine groups is 3. The van der Waals surface area contributed by atoms with E-state index in [-0.39, 0.29) is 27.1 Å². The van der Waals surface area contributed by atoms with Gasteiger partial charge in [-0.05, 0) is 42.8 Å². The molecular weight excluding hydrogens is 399 g/mol. The molecule has 0 atom stereocenters. The molecule has 1 fully saturated rings. The second kappa shape index (κ2) is 7.68. The molecule has 1 aromatic heterocycles. The van der Waals surface area contributed by atoms with Gasteiger partial charge in [0.15, 0.2) is 0 Å². The number of anilines is 2. The quantitative estimate of drug-likeness (QED) is 0.291. The number of halogens is 1. The number of aliphatic imine (C=N–C) groups is 1. The fourth-order valence-electron chi connectivity index (χ4n) is 3.89. The van der Waals surface area contributed by atoms with E-state index in [0.717, 1.165) is 24.3 Å². The maximum Gasteiger partial charge on any atom is 0.261 e. The number of pyridine rings is 1. The number of nitrogens with one attached hydrogen (secondary N) is 1. The summed E-state index contributed by atoms with van der Waals surface area (Å²) in [6.07, 6.45) is 0. The van der Waals surface area contributed by atoms with E-state index in [1.54, 1.807) is 13.1 Å². The monoisotopic (exact) mass is 425 g/mol. The zero-order chi connectivity index (χ0) is 22.3. The minimum atomic E-state index is -0.542. The van der Waals surface area contributed by atoms with Crippen LogP contribution >= 0.6 is 0 Å². The number of H-pyrrole nitrogens is 1. The van der Waals surface area contributed by atoms with Gasteiger partial charge in [-0.1, -0.05) is 6.07 Å². The average Bonchev–Trinajstić information content (AvgIpc) is 2.69. The molecule has 1 saturated heterocycles. The van der Waals surface area contributed by atoms with Crippen molar-refractivity contribution < 1.29 is 14.2 Å². The molecule has 1 aliphatic heterocycles. The van der Waals surface area contributed by atoms with Crippen molar-refractivity contribution in [2.24, 2.45) is 10.7 Å². The van der Waals surface area contributed by atoms with Crippen molar-refractivity contribution in [1.29, 1.82) is 0 Å². The Morgan fingerprint density at radius 2 is 1.97 bits per heavy atom. The van der Waals surface area contributed by atoms with Gasteiger partial charge in [0, 0.05) is 5.69 Å². The molecule has 0 radical (unpaired) electrons. The highest BCUT2D eigenvalue weighted by Gasteiger charge is 2.27. The second-order valence-electron chi connectivity index (χ2n) is 8.15. The number of nitrogens with two attached hydrogens (primary N) is 2. The number of quaternary nitrogens is 1. The minimum Gasteiger partial charge on any atom is -0.397 e. The Bertz CT molecular complexity index is 1240. The Morgan fingerprint density at radius 3 is 2.65 bits per heavy atom. The highest BCUT2D eigenvalue weighted by molar-refractivity contribution is 6.08. The van der Waals surface area contributed by atoms with Gasteiger partial charge < -0.3 is 21.4 Å². The summed E-state index contributed by atoms with van der Waals surface area (Å²) in [5.41, 5.74) is 14.4. The first kappa shape index (κ1) is 20.8. The van der Waals surface area contributed by atoms with E-state index < -0.39 is 11.4 Å². The third-order valence-corrected chi connectivity index (χ3v) is 5.77. The molecule has 0 bridgehead atoms. The number of hydrogen-bond acceptors (Lipinski definition) is 5. The van der Waals surface area contributed by atoms with Crippen LogP contribution in [-0.4, -0.2) is 53.9 Å². The molecule has 2 aromatic carbocycles. The molecule has 162 valence electrons. The summed E-state index contributed by atoms with van der Waals surface area (Å²) in [6, 6.07) is 10.1. The van der Waals surface area contributed by atoms with E-state index in [0.29, 0.717) is 24.3 Å². The van der Waals surface area contributed by atoms with Crippen molar-refractivity contribution in [3.05, 3.63) is 63.7 Å². The van der Waals surface area contributed by atoms with Gasteiger partial charge in [-0.25, -0.2) is 14.6 Å². The van der Waals surface area contributed by atoms with E-state index in [4.69, 9.17) is 11.5 Å². The van der Waals surface area contributed by atoms with E-state index in [9.17, 15) is 14.4 Å². The van der Waals surface area contributed by atoms with E-state index in [1.165, 1.54) is 12.1 Å². The van der Waals surface area contributed by atoms with Crippen LogP contribution in [-0.2, 0) is 0 Å². The van der Waals surface area contributed by atoms with E-state index in [2.05, 4.69) is 14.9 Å². The number of hydrogen-bond donors (Lipinski definition) is 4. The normalized spacial score (nSPS) is 16.6. The van der Waals surface area contributed by atoms with Gasteiger partial charge in [-0.15, -0.1) is 0 Å². The van der Waals surface area contributed by atoms with Gasteiger partial charge in [-0.2, -0.15) is 4.65 Å². The molecule has 9 heteroatoms. The summed E-state index contributed by atoms with van der Waals surface area (Å²) in [5.74, 6) is -0.619. The lowest BCUT2D eigenvalue weighted by Gasteiger charge is -2.37. The molecule has 3 aromatic rings. The maximum atomic E-state index is 14.3. The fourth-order valence-corrected chi connectivity index (χ4v) is 3.89. The summed E-state index contributed by atoms with van der Waals surface area (Å²) in [4.78, 5) is 21.8. The molecule has 0 spiro atoms. The highest BCUT2D eigenvalue weighted by atomic mass is 19.1. The van der Waals surface area contributed by atoms with Crippen LogP contribution in [0.4, 0.5) is 21.5 Å². The Morgan fingerprint density at radius 1 is 1.26 bits per heavy atom. The van der Waals surface area contributed by atoms with Crippen LogP contribution in [0.25, 0.3) is 10.9 Å². The van der Waals surface area contributed by atoms with Gasteiger partial charge in [0.1, 0.15) is 30.3 Å². The highest BCUT2D eigenvalue weighted by Crippen LogP contribution is 2.28. The van der Waals surface area contributed by atoms with Gasteiger partial charge in [-0.3, -0.25) is 4.79 Å². The summed E-state index contributed by atoms with van der Waals surface area (Å²) < 4.78 is 14.3. The first-order valence-electron chi connectivity index (χ1n) is 10.0. The molecular formula is C22H26FN6O2+. The van der Waals surface area contributed by atoms with Gasteiger partial charge >= 0.3 is 0 Å². The number of aryl methyl sites for hydroxylation is 1. The van der Waals surface area contributed by atoms with Crippen molar-refractivity contribution in [3.63, 3.8) is 0 Å². The van der Waals surface area contributed by atoms with Crippen molar-refractivity contribution in [1.82, 2.24) is 4.98 Å². The van der Waals surface area contributed by atoms with Gasteiger partial charge in [0.2, 0.25) is 0 Å². The number of aromatic amines is 1. The maximum absolute atomic E-state index is 14.3. The van der Waals surface area contributed by atoms with Crippen LogP contribution in [0.15, 0.2) is 46.2 Å². The van der Waals surface area contributed by atoms with E-state index >= 15 is 0 Å². The average molecular weight is 425 g/mol. The van der Waals surface area contributed by atoms with Crippen LogP contribution in [0.2, 0.25) is 0 Å². The zero-order valence-electron chi connectivity index (χ0n) is 17.5. The number of piperazine rings is 1. The first-order valence-corrected chi connectivity index (χ1v) is 10.0. The van der Waals surface area contributed by atoms with Crippen LogP contribution in [0, 0.1) is 12.7 Å². The summed E-state index contributed by atoms with van der Waals surface area (Å²) in [6.45, 7) is 4.68. The molecule has 8 nitrogen and oxygen atoms in total. The smallest absolute Gasteiger partial charge is 0.261 e. The standard InChI is InChI=1S/C22H25FN6O2/c1-13-12-14(28-8-10-29(2,31)11-9-28)6-7-16(13)26-21(25)19-20(24)18-15(23)4-3-5-17(18)27-22(19)30/h3-7,12,31H,8-11H2,1-2H3,(H4-,24,25,26,27,30)/p+1. The third kappa shape index (κ3) is 3.97. The minimum absolute atomic E-state index is 0.0245. The zero-order valence-corrected chi connectivity index (χ0v) is 17.5. The number of fused-ring (bicyclic) bond motifs is 1. The number of nitrogen functional groups attached to an aromatic ring is 1. The molecule has 0 aliphatic carbocycles. The summed E-state index contributed by atoms with van der Waals surface area (Å²) in [7, 11) is 1.80. The van der Waals surface area contributed by atoms with Crippen molar-refractivity contribution >= 4 is 33.8 Å². The van der Waals surface area contributed by atoms with Crippen molar-refractivity contribution in [2.45, 2.75) is 6.92 Å². The molecule has 2 heterocycles. The lowest BCUT2D eigenvalue weighted by atomic mass is 10.1. The topological polar surface area (TPSA) is 121 Å². The number of nitrogens with zero attached hydrogens (tertiary/aromatic N) is 3. The first-order chi connectivity index (χ1) is 14.7.